The Labute approximate surface area is 198 Å². The summed E-state index contributed by atoms with van der Waals surface area (Å²) in [4.78, 5) is 25.0. The zero-order valence-electron chi connectivity index (χ0n) is 18.5. The number of carbonyl (C=O) groups is 1. The molecule has 3 heterocycles. The summed E-state index contributed by atoms with van der Waals surface area (Å²) in [6, 6.07) is 8.73. The molecule has 1 aliphatic heterocycles. The highest BCUT2D eigenvalue weighted by Crippen LogP contribution is 2.32. The van der Waals surface area contributed by atoms with Crippen LogP contribution in [0.15, 0.2) is 42.7 Å². The molecule has 186 valence electrons. The molecule has 0 bridgehead atoms. The molecule has 5 rings (SSSR count). The number of benzene rings is 1. The van der Waals surface area contributed by atoms with E-state index in [4.69, 9.17) is 24.6 Å². The number of halogens is 4. The van der Waals surface area contributed by atoms with Gasteiger partial charge in [0, 0.05) is 44.2 Å². The molecule has 8 nitrogen and oxygen atoms in total. The minimum atomic E-state index is -5.08. The van der Waals surface area contributed by atoms with E-state index in [1.165, 1.54) is 25.0 Å². The molecule has 12 heteroatoms. The van der Waals surface area contributed by atoms with Crippen LogP contribution in [0.2, 0.25) is 0 Å². The Morgan fingerprint density at radius 2 is 1.80 bits per heavy atom. The van der Waals surface area contributed by atoms with Crippen molar-refractivity contribution in [3.8, 4) is 5.75 Å². The number of alkyl halides is 3. The van der Waals surface area contributed by atoms with Crippen molar-refractivity contribution >= 4 is 28.6 Å². The summed E-state index contributed by atoms with van der Waals surface area (Å²) in [5, 5.41) is 10.6. The third kappa shape index (κ3) is 6.67. The smallest absolute Gasteiger partial charge is 0.490 e. The Hall–Kier alpha value is -3.70. The van der Waals surface area contributed by atoms with Crippen LogP contribution >= 0.6 is 0 Å². The van der Waals surface area contributed by atoms with Gasteiger partial charge in [-0.2, -0.15) is 13.2 Å². The van der Waals surface area contributed by atoms with Gasteiger partial charge in [0.1, 0.15) is 23.2 Å². The Morgan fingerprint density at radius 3 is 2.43 bits per heavy atom. The van der Waals surface area contributed by atoms with Gasteiger partial charge in [0.05, 0.1) is 11.7 Å². The fraction of sp³-hybridized carbons (Fsp3) is 0.391. The molecular formula is C23H23F4N5O3. The normalized spacial score (nSPS) is 16.4. The van der Waals surface area contributed by atoms with E-state index in [9.17, 15) is 17.6 Å². The summed E-state index contributed by atoms with van der Waals surface area (Å²) >= 11 is 0. The van der Waals surface area contributed by atoms with Crippen LogP contribution in [0.25, 0.3) is 11.0 Å². The molecule has 2 fully saturated rings. The van der Waals surface area contributed by atoms with E-state index in [1.54, 1.807) is 24.5 Å². The van der Waals surface area contributed by atoms with E-state index in [-0.39, 0.29) is 11.9 Å². The molecule has 1 aliphatic carbocycles. The Kier molecular flexibility index (Phi) is 7.17. The first-order valence-electron chi connectivity index (χ1n) is 11.0. The first-order chi connectivity index (χ1) is 16.7. The third-order valence-corrected chi connectivity index (χ3v) is 5.45. The molecule has 1 saturated carbocycles. The van der Waals surface area contributed by atoms with E-state index in [1.807, 2.05) is 6.07 Å². The summed E-state index contributed by atoms with van der Waals surface area (Å²) in [6.07, 6.45) is 2.56. The number of carboxylic acids is 1. The minimum absolute atomic E-state index is 0.0768. The molecule has 35 heavy (non-hydrogen) atoms. The summed E-state index contributed by atoms with van der Waals surface area (Å²) in [5.41, 5.74) is 1.66. The monoisotopic (exact) mass is 493 g/mol. The molecule has 1 aromatic carbocycles. The zero-order chi connectivity index (χ0) is 25.0. The number of carboxylic acid groups (broad SMARTS) is 1. The average molecular weight is 493 g/mol. The van der Waals surface area contributed by atoms with Gasteiger partial charge in [-0.05, 0) is 31.0 Å². The molecule has 3 aromatic rings. The van der Waals surface area contributed by atoms with E-state index >= 15 is 0 Å². The lowest BCUT2D eigenvalue weighted by atomic mass is 10.1. The summed E-state index contributed by atoms with van der Waals surface area (Å²) in [7, 11) is 0. The van der Waals surface area contributed by atoms with E-state index < -0.39 is 12.1 Å². The summed E-state index contributed by atoms with van der Waals surface area (Å²) in [5.74, 6) is -0.702. The first kappa shape index (κ1) is 24.4. The van der Waals surface area contributed by atoms with Crippen LogP contribution in [0, 0.1) is 5.82 Å². The first-order valence-corrected chi connectivity index (χ1v) is 11.0. The van der Waals surface area contributed by atoms with Crippen LogP contribution in [0.5, 0.6) is 5.75 Å². The van der Waals surface area contributed by atoms with Crippen molar-refractivity contribution < 1.29 is 32.2 Å². The summed E-state index contributed by atoms with van der Waals surface area (Å²) < 4.78 is 51.1. The number of ether oxygens (including phenoxy) is 1. The molecule has 2 aromatic heterocycles. The molecular weight excluding hydrogens is 470 g/mol. The molecule has 2 N–H and O–H groups in total. The predicted octanol–water partition coefficient (Wildman–Crippen LogP) is 4.42. The Morgan fingerprint density at radius 1 is 1.09 bits per heavy atom. The van der Waals surface area contributed by atoms with Crippen LogP contribution in [0.3, 0.4) is 0 Å². The highest BCUT2D eigenvalue weighted by Gasteiger charge is 2.38. The molecule has 0 spiro atoms. The zero-order valence-corrected chi connectivity index (χ0v) is 18.5. The van der Waals surface area contributed by atoms with Crippen molar-refractivity contribution in [1.82, 2.24) is 15.0 Å². The Balaban J connectivity index is 0.000000364. The standard InChI is InChI=1S/C21H22FN5O.C2HF3O2/c22-14-2-1-3-17(12-14)28-16-7-10-27(11-8-16)21-20(24-15-4-5-15)25-18-6-9-23-13-19(18)26-21;3-2(4,5)1(6)7/h1-3,6,9,12-13,15-16H,4-5,7-8,10-11H2,(H,24,25);(H,6,7). The topological polar surface area (TPSA) is 100 Å². The van der Waals surface area contributed by atoms with Crippen molar-refractivity contribution in [3.05, 3.63) is 48.5 Å². The van der Waals surface area contributed by atoms with Gasteiger partial charge < -0.3 is 20.1 Å². The fourth-order valence-corrected chi connectivity index (χ4v) is 3.55. The molecule has 0 amide bonds. The van der Waals surface area contributed by atoms with E-state index in [0.29, 0.717) is 11.8 Å². The number of fused-ring (bicyclic) bond motifs is 1. The van der Waals surface area contributed by atoms with Crippen LogP contribution in [-0.4, -0.2) is 57.4 Å². The highest BCUT2D eigenvalue weighted by atomic mass is 19.4. The fourth-order valence-electron chi connectivity index (χ4n) is 3.55. The predicted molar refractivity (Wildman–Crippen MR) is 120 cm³/mol. The maximum Gasteiger partial charge on any atom is 0.490 e. The average Bonchev–Trinajstić information content (AvgIpc) is 3.63. The van der Waals surface area contributed by atoms with Crippen LogP contribution < -0.4 is 15.0 Å². The number of pyridine rings is 1. The minimum Gasteiger partial charge on any atom is -0.490 e. The third-order valence-electron chi connectivity index (χ3n) is 5.45. The van der Waals surface area contributed by atoms with Gasteiger partial charge in [-0.1, -0.05) is 6.07 Å². The number of aromatic nitrogens is 3. The van der Waals surface area contributed by atoms with Crippen molar-refractivity contribution in [2.75, 3.05) is 23.3 Å². The van der Waals surface area contributed by atoms with Crippen molar-refractivity contribution in [3.63, 3.8) is 0 Å². The van der Waals surface area contributed by atoms with Gasteiger partial charge in [0.25, 0.3) is 0 Å². The van der Waals surface area contributed by atoms with Crippen molar-refractivity contribution in [2.45, 2.75) is 44.0 Å². The van der Waals surface area contributed by atoms with Gasteiger partial charge in [-0.15, -0.1) is 0 Å². The van der Waals surface area contributed by atoms with Crippen LogP contribution in [0.4, 0.5) is 29.2 Å². The summed E-state index contributed by atoms with van der Waals surface area (Å²) in [6.45, 7) is 1.64. The van der Waals surface area contributed by atoms with Gasteiger partial charge in [0.15, 0.2) is 11.6 Å². The van der Waals surface area contributed by atoms with Crippen molar-refractivity contribution in [1.29, 1.82) is 0 Å². The number of hydrogen-bond donors (Lipinski definition) is 2. The molecule has 1 saturated heterocycles. The molecule has 2 aliphatic rings. The second kappa shape index (κ2) is 10.3. The number of hydrogen-bond acceptors (Lipinski definition) is 7. The maximum absolute atomic E-state index is 13.4. The number of nitrogens with one attached hydrogen (secondary N) is 1. The molecule has 0 atom stereocenters. The van der Waals surface area contributed by atoms with Gasteiger partial charge in [0.2, 0.25) is 0 Å². The lowest BCUT2D eigenvalue weighted by molar-refractivity contribution is -0.192. The lowest BCUT2D eigenvalue weighted by Gasteiger charge is -2.33. The van der Waals surface area contributed by atoms with Crippen LogP contribution in [-0.2, 0) is 4.79 Å². The second-order valence-corrected chi connectivity index (χ2v) is 8.24. The van der Waals surface area contributed by atoms with Gasteiger partial charge in [-0.3, -0.25) is 4.98 Å². The molecule has 0 radical (unpaired) electrons. The number of piperidine rings is 1. The lowest BCUT2D eigenvalue weighted by Crippen LogP contribution is -2.39. The number of nitrogens with zero attached hydrogens (tertiary/aromatic N) is 4. The Bertz CT molecular complexity index is 1180. The molecule has 0 unspecified atom stereocenters. The maximum atomic E-state index is 13.4. The number of anilines is 2. The van der Waals surface area contributed by atoms with Crippen molar-refractivity contribution in [2.24, 2.45) is 0 Å². The van der Waals surface area contributed by atoms with Crippen LogP contribution in [0.1, 0.15) is 25.7 Å². The van der Waals surface area contributed by atoms with Gasteiger partial charge in [-0.25, -0.2) is 19.2 Å². The van der Waals surface area contributed by atoms with E-state index in [2.05, 4.69) is 15.2 Å². The number of rotatable bonds is 5. The van der Waals surface area contributed by atoms with Gasteiger partial charge >= 0.3 is 12.1 Å². The van der Waals surface area contributed by atoms with E-state index in [0.717, 1.165) is 48.6 Å². The second-order valence-electron chi connectivity index (χ2n) is 8.24. The largest absolute Gasteiger partial charge is 0.490 e. The highest BCUT2D eigenvalue weighted by molar-refractivity contribution is 5.80. The number of aliphatic carboxylic acids is 1. The SMILES string of the molecule is Fc1cccc(OC2CCN(c3nc4cnccc4nc3NC3CC3)CC2)c1.O=C(O)C(F)(F)F. The quantitative estimate of drug-likeness (QED) is 0.504.